The molecular formula is C20H20N4O3. The third-order valence-electron chi connectivity index (χ3n) is 4.09. The molecule has 0 fully saturated rings. The van der Waals surface area contributed by atoms with Crippen molar-refractivity contribution in [1.29, 1.82) is 0 Å². The maximum Gasteiger partial charge on any atom is 0.266 e. The normalized spacial score (nSPS) is 11.4. The van der Waals surface area contributed by atoms with Gasteiger partial charge in [-0.05, 0) is 36.8 Å². The van der Waals surface area contributed by atoms with Crippen molar-refractivity contribution in [1.82, 2.24) is 9.78 Å². The van der Waals surface area contributed by atoms with Crippen molar-refractivity contribution in [3.8, 4) is 22.8 Å². The minimum Gasteiger partial charge on any atom is -0.508 e. The molecule has 0 aliphatic rings. The van der Waals surface area contributed by atoms with Crippen LogP contribution in [0.1, 0.15) is 18.9 Å². The SMILES string of the molecule is CCC(=NNc1ccc(-c2ccc(=O)n(C)n2)cc1)c1ccc(O)cc1O. The zero-order valence-electron chi connectivity index (χ0n) is 15.0. The van der Waals surface area contributed by atoms with Crippen molar-refractivity contribution >= 4 is 11.4 Å². The minimum atomic E-state index is -0.157. The van der Waals surface area contributed by atoms with Gasteiger partial charge in [-0.25, -0.2) is 4.68 Å². The summed E-state index contributed by atoms with van der Waals surface area (Å²) in [6.45, 7) is 1.93. The van der Waals surface area contributed by atoms with Gasteiger partial charge in [-0.1, -0.05) is 19.1 Å². The molecule has 0 radical (unpaired) electrons. The van der Waals surface area contributed by atoms with Crippen LogP contribution in [-0.4, -0.2) is 25.7 Å². The van der Waals surface area contributed by atoms with E-state index in [0.29, 0.717) is 23.4 Å². The van der Waals surface area contributed by atoms with Gasteiger partial charge in [-0.3, -0.25) is 10.2 Å². The quantitative estimate of drug-likeness (QED) is 0.477. The molecule has 0 spiro atoms. The summed E-state index contributed by atoms with van der Waals surface area (Å²) in [6, 6.07) is 15.1. The number of nitrogens with zero attached hydrogens (tertiary/aromatic N) is 3. The molecule has 7 heteroatoms. The molecule has 0 saturated heterocycles. The Hall–Kier alpha value is -3.61. The largest absolute Gasteiger partial charge is 0.508 e. The number of phenols is 2. The van der Waals surface area contributed by atoms with Crippen LogP contribution in [0.2, 0.25) is 0 Å². The van der Waals surface area contributed by atoms with E-state index in [2.05, 4.69) is 15.6 Å². The maximum absolute atomic E-state index is 11.4. The summed E-state index contributed by atoms with van der Waals surface area (Å²) in [5.41, 5.74) is 6.40. The lowest BCUT2D eigenvalue weighted by Crippen LogP contribution is -2.18. The number of hydrazone groups is 1. The highest BCUT2D eigenvalue weighted by Gasteiger charge is 2.08. The number of anilines is 1. The number of aromatic nitrogens is 2. The first kappa shape index (κ1) is 18.2. The molecule has 0 bridgehead atoms. The molecular weight excluding hydrogens is 344 g/mol. The molecule has 3 rings (SSSR count). The fourth-order valence-corrected chi connectivity index (χ4v) is 2.60. The summed E-state index contributed by atoms with van der Waals surface area (Å²) < 4.78 is 1.30. The van der Waals surface area contributed by atoms with Crippen molar-refractivity contribution < 1.29 is 10.2 Å². The number of aromatic hydroxyl groups is 2. The number of aryl methyl sites for hydroxylation is 1. The zero-order chi connectivity index (χ0) is 19.4. The van der Waals surface area contributed by atoms with Gasteiger partial charge in [-0.2, -0.15) is 10.2 Å². The minimum absolute atomic E-state index is 0.00210. The van der Waals surface area contributed by atoms with Crippen molar-refractivity contribution in [2.24, 2.45) is 12.1 Å². The molecule has 27 heavy (non-hydrogen) atoms. The predicted molar refractivity (Wildman–Crippen MR) is 105 cm³/mol. The number of rotatable bonds is 5. The van der Waals surface area contributed by atoms with Crippen LogP contribution >= 0.6 is 0 Å². The Morgan fingerprint density at radius 3 is 2.48 bits per heavy atom. The summed E-state index contributed by atoms with van der Waals surface area (Å²) in [5.74, 6) is -0.0178. The van der Waals surface area contributed by atoms with Crippen LogP contribution in [0.3, 0.4) is 0 Å². The lowest BCUT2D eigenvalue weighted by molar-refractivity contribution is 0.450. The topological polar surface area (TPSA) is 99.7 Å². The Labute approximate surface area is 156 Å². The van der Waals surface area contributed by atoms with E-state index >= 15 is 0 Å². The summed E-state index contributed by atoms with van der Waals surface area (Å²) >= 11 is 0. The van der Waals surface area contributed by atoms with Gasteiger partial charge in [0.25, 0.3) is 5.56 Å². The van der Waals surface area contributed by atoms with Crippen LogP contribution in [0.25, 0.3) is 11.3 Å². The van der Waals surface area contributed by atoms with Crippen LogP contribution < -0.4 is 11.0 Å². The fraction of sp³-hybridized carbons (Fsp3) is 0.150. The van der Waals surface area contributed by atoms with Crippen LogP contribution in [0.4, 0.5) is 5.69 Å². The summed E-state index contributed by atoms with van der Waals surface area (Å²) in [7, 11) is 1.61. The number of phenolic OH excluding ortho intramolecular Hbond substituents is 2. The first-order valence-corrected chi connectivity index (χ1v) is 8.47. The van der Waals surface area contributed by atoms with Crippen LogP contribution in [0, 0.1) is 0 Å². The second kappa shape index (κ2) is 7.74. The average Bonchev–Trinajstić information content (AvgIpc) is 2.66. The van der Waals surface area contributed by atoms with Crippen molar-refractivity contribution in [3.63, 3.8) is 0 Å². The van der Waals surface area contributed by atoms with Gasteiger partial charge >= 0.3 is 0 Å². The number of hydrogen-bond acceptors (Lipinski definition) is 6. The molecule has 0 atom stereocenters. The first-order valence-electron chi connectivity index (χ1n) is 8.47. The fourth-order valence-electron chi connectivity index (χ4n) is 2.60. The number of nitrogens with one attached hydrogen (secondary N) is 1. The Morgan fingerprint density at radius 2 is 1.85 bits per heavy atom. The van der Waals surface area contributed by atoms with E-state index < -0.39 is 0 Å². The van der Waals surface area contributed by atoms with E-state index in [0.717, 1.165) is 11.3 Å². The highest BCUT2D eigenvalue weighted by molar-refractivity contribution is 6.03. The molecule has 0 unspecified atom stereocenters. The van der Waals surface area contributed by atoms with Crippen LogP contribution in [0.15, 0.2) is 64.5 Å². The van der Waals surface area contributed by atoms with Gasteiger partial charge in [0.2, 0.25) is 0 Å². The van der Waals surface area contributed by atoms with Gasteiger partial charge in [0, 0.05) is 30.3 Å². The molecule has 0 aliphatic heterocycles. The van der Waals surface area contributed by atoms with E-state index in [-0.39, 0.29) is 17.1 Å². The summed E-state index contributed by atoms with van der Waals surface area (Å²) in [6.07, 6.45) is 0.603. The molecule has 3 aromatic rings. The second-order valence-electron chi connectivity index (χ2n) is 5.98. The van der Waals surface area contributed by atoms with Crippen molar-refractivity contribution in [2.75, 3.05) is 5.43 Å². The monoisotopic (exact) mass is 364 g/mol. The van der Waals surface area contributed by atoms with Crippen LogP contribution in [-0.2, 0) is 7.05 Å². The maximum atomic E-state index is 11.4. The second-order valence-corrected chi connectivity index (χ2v) is 5.98. The Balaban J connectivity index is 1.79. The standard InChI is InChI=1S/C20H20N4O3/c1-3-17(16-9-8-15(25)12-19(16)26)22-21-14-6-4-13(5-7-14)18-10-11-20(27)24(2)23-18/h4-12,21,25-26H,3H2,1-2H3. The lowest BCUT2D eigenvalue weighted by atomic mass is 10.1. The van der Waals surface area contributed by atoms with E-state index in [1.165, 1.54) is 22.9 Å². The van der Waals surface area contributed by atoms with Gasteiger partial charge in [0.15, 0.2) is 0 Å². The molecule has 0 amide bonds. The van der Waals surface area contributed by atoms with Gasteiger partial charge in [-0.15, -0.1) is 0 Å². The van der Waals surface area contributed by atoms with Gasteiger partial charge < -0.3 is 10.2 Å². The summed E-state index contributed by atoms with van der Waals surface area (Å²) in [5, 5.41) is 28.0. The van der Waals surface area contributed by atoms with E-state index in [9.17, 15) is 15.0 Å². The molecule has 2 aromatic carbocycles. The Morgan fingerprint density at radius 1 is 1.11 bits per heavy atom. The Kier molecular flexibility index (Phi) is 5.21. The highest BCUT2D eigenvalue weighted by Crippen LogP contribution is 2.24. The van der Waals surface area contributed by atoms with Gasteiger partial charge in [0.05, 0.1) is 17.1 Å². The van der Waals surface area contributed by atoms with Crippen molar-refractivity contribution in [3.05, 3.63) is 70.5 Å². The van der Waals surface area contributed by atoms with E-state index in [4.69, 9.17) is 0 Å². The zero-order valence-corrected chi connectivity index (χ0v) is 15.0. The van der Waals surface area contributed by atoms with E-state index in [1.54, 1.807) is 19.2 Å². The average molecular weight is 364 g/mol. The smallest absolute Gasteiger partial charge is 0.266 e. The van der Waals surface area contributed by atoms with E-state index in [1.807, 2.05) is 31.2 Å². The molecule has 1 aromatic heterocycles. The molecule has 1 heterocycles. The highest BCUT2D eigenvalue weighted by atomic mass is 16.3. The molecule has 3 N–H and O–H groups in total. The summed E-state index contributed by atoms with van der Waals surface area (Å²) in [4.78, 5) is 11.4. The molecule has 0 saturated carbocycles. The predicted octanol–water partition coefficient (Wildman–Crippen LogP) is 3.08. The Bertz CT molecular complexity index is 1040. The third kappa shape index (κ3) is 4.14. The van der Waals surface area contributed by atoms with Crippen LogP contribution in [0.5, 0.6) is 11.5 Å². The van der Waals surface area contributed by atoms with Gasteiger partial charge in [0.1, 0.15) is 11.5 Å². The molecule has 0 aliphatic carbocycles. The first-order chi connectivity index (χ1) is 13.0. The molecule has 7 nitrogen and oxygen atoms in total. The number of benzene rings is 2. The molecule has 138 valence electrons. The lowest BCUT2D eigenvalue weighted by Gasteiger charge is -2.09. The van der Waals surface area contributed by atoms with Crippen molar-refractivity contribution in [2.45, 2.75) is 13.3 Å². The number of hydrogen-bond donors (Lipinski definition) is 3. The third-order valence-corrected chi connectivity index (χ3v) is 4.09.